The molecule has 1 aliphatic rings. The van der Waals surface area contributed by atoms with E-state index >= 15 is 0 Å². The fourth-order valence-electron chi connectivity index (χ4n) is 2.96. The first-order chi connectivity index (χ1) is 10.3. The molecule has 0 bridgehead atoms. The van der Waals surface area contributed by atoms with Crippen LogP contribution in [0.15, 0.2) is 42.5 Å². The highest BCUT2D eigenvalue weighted by Crippen LogP contribution is 2.16. The van der Waals surface area contributed by atoms with E-state index in [0.29, 0.717) is 6.04 Å². The standard InChI is InChI=1S/C18H24N2S/c1-15-7-8-18(21-15)13-19-17-10-12-20(14-17)11-9-16-5-3-2-4-6-16/h2-8,17,19H,9-14H2,1H3/t17-/m1/s1. The van der Waals surface area contributed by atoms with Gasteiger partial charge in [-0.1, -0.05) is 30.3 Å². The van der Waals surface area contributed by atoms with Crippen LogP contribution in [0.4, 0.5) is 0 Å². The number of nitrogens with one attached hydrogen (secondary N) is 1. The van der Waals surface area contributed by atoms with Gasteiger partial charge in [0, 0.05) is 35.4 Å². The van der Waals surface area contributed by atoms with Gasteiger partial charge in [-0.15, -0.1) is 11.3 Å². The van der Waals surface area contributed by atoms with Crippen LogP contribution in [0, 0.1) is 6.92 Å². The summed E-state index contributed by atoms with van der Waals surface area (Å²) >= 11 is 1.90. The Hall–Kier alpha value is -1.16. The maximum Gasteiger partial charge on any atom is 0.0302 e. The first kappa shape index (κ1) is 14.8. The molecule has 3 heteroatoms. The summed E-state index contributed by atoms with van der Waals surface area (Å²) in [5.41, 5.74) is 1.45. The van der Waals surface area contributed by atoms with Gasteiger partial charge in [-0.25, -0.2) is 0 Å². The fraction of sp³-hybridized carbons (Fsp3) is 0.444. The van der Waals surface area contributed by atoms with Crippen molar-refractivity contribution in [2.45, 2.75) is 32.4 Å². The zero-order valence-electron chi connectivity index (χ0n) is 12.7. The van der Waals surface area contributed by atoms with Crippen molar-refractivity contribution >= 4 is 11.3 Å². The third-order valence-corrected chi connectivity index (χ3v) is 5.19. The highest BCUT2D eigenvalue weighted by Gasteiger charge is 2.21. The molecule has 0 spiro atoms. The molecule has 1 N–H and O–H groups in total. The molecule has 2 nitrogen and oxygen atoms in total. The van der Waals surface area contributed by atoms with Crippen LogP contribution in [-0.2, 0) is 13.0 Å². The number of aryl methyl sites for hydroxylation is 1. The summed E-state index contributed by atoms with van der Waals surface area (Å²) in [6, 6.07) is 15.9. The smallest absolute Gasteiger partial charge is 0.0302 e. The van der Waals surface area contributed by atoms with Crippen molar-refractivity contribution in [1.29, 1.82) is 0 Å². The van der Waals surface area contributed by atoms with Gasteiger partial charge < -0.3 is 10.2 Å². The Bertz CT molecular complexity index is 549. The van der Waals surface area contributed by atoms with Crippen molar-refractivity contribution in [2.75, 3.05) is 19.6 Å². The number of hydrogen-bond acceptors (Lipinski definition) is 3. The molecule has 2 heterocycles. The lowest BCUT2D eigenvalue weighted by Crippen LogP contribution is -2.32. The Morgan fingerprint density at radius 3 is 2.81 bits per heavy atom. The minimum Gasteiger partial charge on any atom is -0.308 e. The van der Waals surface area contributed by atoms with E-state index in [-0.39, 0.29) is 0 Å². The van der Waals surface area contributed by atoms with E-state index in [1.54, 1.807) is 0 Å². The van der Waals surface area contributed by atoms with E-state index in [0.717, 1.165) is 13.0 Å². The van der Waals surface area contributed by atoms with Gasteiger partial charge in [0.15, 0.2) is 0 Å². The van der Waals surface area contributed by atoms with E-state index in [9.17, 15) is 0 Å². The van der Waals surface area contributed by atoms with Gasteiger partial charge >= 0.3 is 0 Å². The Morgan fingerprint density at radius 2 is 2.05 bits per heavy atom. The molecule has 0 aliphatic carbocycles. The zero-order chi connectivity index (χ0) is 14.5. The van der Waals surface area contributed by atoms with Crippen LogP contribution in [0.5, 0.6) is 0 Å². The highest BCUT2D eigenvalue weighted by molar-refractivity contribution is 7.11. The van der Waals surface area contributed by atoms with E-state index < -0.39 is 0 Å². The lowest BCUT2D eigenvalue weighted by Gasteiger charge is -2.16. The maximum atomic E-state index is 3.71. The summed E-state index contributed by atoms with van der Waals surface area (Å²) in [6.45, 7) is 6.80. The van der Waals surface area contributed by atoms with Crippen molar-refractivity contribution < 1.29 is 0 Å². The van der Waals surface area contributed by atoms with Gasteiger partial charge in [-0.2, -0.15) is 0 Å². The lowest BCUT2D eigenvalue weighted by molar-refractivity contribution is 0.331. The first-order valence-electron chi connectivity index (χ1n) is 7.84. The minimum atomic E-state index is 0.656. The Kier molecular flexibility index (Phi) is 5.07. The number of thiophene rings is 1. The average molecular weight is 300 g/mol. The number of likely N-dealkylation sites (tertiary alicyclic amines) is 1. The van der Waals surface area contributed by atoms with Crippen LogP contribution in [0.2, 0.25) is 0 Å². The van der Waals surface area contributed by atoms with Gasteiger partial charge in [0.2, 0.25) is 0 Å². The van der Waals surface area contributed by atoms with Crippen LogP contribution in [0.25, 0.3) is 0 Å². The van der Waals surface area contributed by atoms with E-state index in [2.05, 4.69) is 59.6 Å². The van der Waals surface area contributed by atoms with Crippen LogP contribution in [-0.4, -0.2) is 30.6 Å². The third kappa shape index (κ3) is 4.40. The molecule has 2 aromatic rings. The van der Waals surface area contributed by atoms with Crippen LogP contribution >= 0.6 is 11.3 Å². The van der Waals surface area contributed by atoms with Gasteiger partial charge in [0.05, 0.1) is 0 Å². The summed E-state index contributed by atoms with van der Waals surface area (Å²) in [7, 11) is 0. The SMILES string of the molecule is Cc1ccc(CN[C@@H]2CCN(CCc3ccccc3)C2)s1. The van der Waals surface area contributed by atoms with Crippen LogP contribution in [0.3, 0.4) is 0 Å². The summed E-state index contributed by atoms with van der Waals surface area (Å²) in [6.07, 6.45) is 2.44. The monoisotopic (exact) mass is 300 g/mol. The quantitative estimate of drug-likeness (QED) is 0.879. The molecular weight excluding hydrogens is 276 g/mol. The molecule has 1 atom stereocenters. The van der Waals surface area contributed by atoms with Crippen LogP contribution in [0.1, 0.15) is 21.7 Å². The third-order valence-electron chi connectivity index (χ3n) is 4.19. The maximum absolute atomic E-state index is 3.71. The van der Waals surface area contributed by atoms with E-state index in [1.165, 1.54) is 41.4 Å². The lowest BCUT2D eigenvalue weighted by atomic mass is 10.1. The second kappa shape index (κ2) is 7.21. The number of rotatable bonds is 6. The summed E-state index contributed by atoms with van der Waals surface area (Å²) in [5.74, 6) is 0. The molecule has 1 fully saturated rings. The molecule has 1 aliphatic heterocycles. The van der Waals surface area contributed by atoms with Gasteiger partial charge in [0.25, 0.3) is 0 Å². The molecule has 1 saturated heterocycles. The molecule has 1 aromatic heterocycles. The van der Waals surface area contributed by atoms with Crippen molar-refractivity contribution in [1.82, 2.24) is 10.2 Å². The molecule has 0 unspecified atom stereocenters. The molecule has 1 aromatic carbocycles. The minimum absolute atomic E-state index is 0.656. The number of hydrogen-bond donors (Lipinski definition) is 1. The Morgan fingerprint density at radius 1 is 1.19 bits per heavy atom. The largest absolute Gasteiger partial charge is 0.308 e. The average Bonchev–Trinajstić information content (AvgIpc) is 3.13. The molecule has 0 saturated carbocycles. The predicted molar refractivity (Wildman–Crippen MR) is 90.9 cm³/mol. The van der Waals surface area contributed by atoms with Crippen LogP contribution < -0.4 is 5.32 Å². The number of nitrogens with zero attached hydrogens (tertiary/aromatic N) is 1. The van der Waals surface area contributed by atoms with Crippen molar-refractivity contribution in [3.05, 3.63) is 57.8 Å². The van der Waals surface area contributed by atoms with Crippen molar-refractivity contribution in [3.63, 3.8) is 0 Å². The topological polar surface area (TPSA) is 15.3 Å². The van der Waals surface area contributed by atoms with E-state index in [1.807, 2.05) is 11.3 Å². The molecule has 3 rings (SSSR count). The molecule has 0 radical (unpaired) electrons. The van der Waals surface area contributed by atoms with Crippen molar-refractivity contribution in [2.24, 2.45) is 0 Å². The van der Waals surface area contributed by atoms with E-state index in [4.69, 9.17) is 0 Å². The number of benzene rings is 1. The summed E-state index contributed by atoms with van der Waals surface area (Å²) in [5, 5.41) is 3.71. The normalized spacial score (nSPS) is 19.2. The highest BCUT2D eigenvalue weighted by atomic mass is 32.1. The van der Waals surface area contributed by atoms with Gasteiger partial charge in [-0.05, 0) is 44.0 Å². The molecule has 112 valence electrons. The first-order valence-corrected chi connectivity index (χ1v) is 8.66. The summed E-state index contributed by atoms with van der Waals surface area (Å²) in [4.78, 5) is 5.45. The second-order valence-electron chi connectivity index (χ2n) is 5.92. The summed E-state index contributed by atoms with van der Waals surface area (Å²) < 4.78 is 0. The molecule has 0 amide bonds. The molecular formula is C18H24N2S. The van der Waals surface area contributed by atoms with Gasteiger partial charge in [0.1, 0.15) is 0 Å². The second-order valence-corrected chi connectivity index (χ2v) is 7.29. The Labute approximate surface area is 131 Å². The Balaban J connectivity index is 1.39. The van der Waals surface area contributed by atoms with Gasteiger partial charge in [-0.3, -0.25) is 0 Å². The van der Waals surface area contributed by atoms with Crippen molar-refractivity contribution in [3.8, 4) is 0 Å². The molecule has 21 heavy (non-hydrogen) atoms. The predicted octanol–water partition coefficient (Wildman–Crippen LogP) is 3.46. The fourth-order valence-corrected chi connectivity index (χ4v) is 3.80. The zero-order valence-corrected chi connectivity index (χ0v) is 13.5.